The van der Waals surface area contributed by atoms with E-state index in [-0.39, 0.29) is 12.2 Å². The van der Waals surface area contributed by atoms with Gasteiger partial charge in [-0.05, 0) is 63.3 Å². The third-order valence-corrected chi connectivity index (χ3v) is 3.55. The van der Waals surface area contributed by atoms with Crippen LogP contribution in [0.25, 0.3) is 0 Å². The van der Waals surface area contributed by atoms with Gasteiger partial charge < -0.3 is 15.2 Å². The summed E-state index contributed by atoms with van der Waals surface area (Å²) in [6.45, 7) is 5.93. The highest BCUT2D eigenvalue weighted by Crippen LogP contribution is 2.24. The number of aliphatic hydroxyl groups is 1. The molecular weight excluding hydrogens is 238 g/mol. The second kappa shape index (κ2) is 6.92. The summed E-state index contributed by atoms with van der Waals surface area (Å²) >= 11 is 0. The number of aliphatic hydroxyl groups excluding tert-OH is 1. The standard InChI is InChI=1S/C16H25NO2/c1-12(2)19-16-5-3-4-13(9-16)10-17-11-14-6-7-15(18)8-14/h3-5,9,12,14-15,17-18H,6-8,10-11H2,1-2H3. The summed E-state index contributed by atoms with van der Waals surface area (Å²) in [5, 5.41) is 13.0. The molecule has 1 aliphatic carbocycles. The molecule has 1 aromatic carbocycles. The molecule has 0 bridgehead atoms. The van der Waals surface area contributed by atoms with E-state index in [2.05, 4.69) is 17.4 Å². The molecule has 2 unspecified atom stereocenters. The second-order valence-electron chi connectivity index (χ2n) is 5.78. The molecule has 0 saturated heterocycles. The minimum absolute atomic E-state index is 0.0745. The minimum Gasteiger partial charge on any atom is -0.491 e. The number of benzene rings is 1. The fourth-order valence-electron chi connectivity index (χ4n) is 2.66. The smallest absolute Gasteiger partial charge is 0.120 e. The zero-order chi connectivity index (χ0) is 13.7. The SMILES string of the molecule is CC(C)Oc1cccc(CNCC2CCC(O)C2)c1. The summed E-state index contributed by atoms with van der Waals surface area (Å²) in [6.07, 6.45) is 3.19. The van der Waals surface area contributed by atoms with Crippen molar-refractivity contribution in [2.75, 3.05) is 6.54 Å². The molecule has 1 saturated carbocycles. The summed E-state index contributed by atoms with van der Waals surface area (Å²) in [4.78, 5) is 0. The van der Waals surface area contributed by atoms with Gasteiger partial charge in [-0.25, -0.2) is 0 Å². The van der Waals surface area contributed by atoms with Crippen LogP contribution < -0.4 is 10.1 Å². The quantitative estimate of drug-likeness (QED) is 0.829. The molecule has 3 heteroatoms. The van der Waals surface area contributed by atoms with Gasteiger partial charge in [-0.3, -0.25) is 0 Å². The van der Waals surface area contributed by atoms with Crippen molar-refractivity contribution in [3.63, 3.8) is 0 Å². The van der Waals surface area contributed by atoms with Crippen molar-refractivity contribution in [3.05, 3.63) is 29.8 Å². The molecule has 2 rings (SSSR count). The van der Waals surface area contributed by atoms with Crippen molar-refractivity contribution in [2.45, 2.75) is 51.9 Å². The lowest BCUT2D eigenvalue weighted by Gasteiger charge is -2.13. The first-order valence-corrected chi connectivity index (χ1v) is 7.28. The van der Waals surface area contributed by atoms with Crippen molar-refractivity contribution in [3.8, 4) is 5.75 Å². The molecule has 0 spiro atoms. The highest BCUT2D eigenvalue weighted by molar-refractivity contribution is 5.28. The Kier molecular flexibility index (Phi) is 5.23. The van der Waals surface area contributed by atoms with Crippen LogP contribution in [-0.4, -0.2) is 23.9 Å². The van der Waals surface area contributed by atoms with E-state index >= 15 is 0 Å². The van der Waals surface area contributed by atoms with Crippen LogP contribution in [0.2, 0.25) is 0 Å². The second-order valence-corrected chi connectivity index (χ2v) is 5.78. The predicted octanol–water partition coefficient (Wildman–Crippen LogP) is 2.72. The number of rotatable bonds is 6. The van der Waals surface area contributed by atoms with Crippen LogP contribution in [0.1, 0.15) is 38.7 Å². The maximum Gasteiger partial charge on any atom is 0.120 e. The Balaban J connectivity index is 1.76. The normalized spacial score (nSPS) is 22.9. The van der Waals surface area contributed by atoms with Gasteiger partial charge in [-0.15, -0.1) is 0 Å². The van der Waals surface area contributed by atoms with Gasteiger partial charge in [0.15, 0.2) is 0 Å². The third kappa shape index (κ3) is 4.84. The first-order chi connectivity index (χ1) is 9.13. The Labute approximate surface area is 116 Å². The van der Waals surface area contributed by atoms with Crippen molar-refractivity contribution in [2.24, 2.45) is 5.92 Å². The Morgan fingerprint density at radius 1 is 1.37 bits per heavy atom. The maximum atomic E-state index is 9.49. The molecule has 19 heavy (non-hydrogen) atoms. The number of hydrogen-bond acceptors (Lipinski definition) is 3. The highest BCUT2D eigenvalue weighted by atomic mass is 16.5. The lowest BCUT2D eigenvalue weighted by molar-refractivity contribution is 0.177. The van der Waals surface area contributed by atoms with Crippen molar-refractivity contribution >= 4 is 0 Å². The Morgan fingerprint density at radius 3 is 2.89 bits per heavy atom. The summed E-state index contributed by atoms with van der Waals surface area (Å²) in [5.41, 5.74) is 1.25. The van der Waals surface area contributed by atoms with Crippen LogP contribution in [0.15, 0.2) is 24.3 Å². The van der Waals surface area contributed by atoms with E-state index in [1.165, 1.54) is 5.56 Å². The fourth-order valence-corrected chi connectivity index (χ4v) is 2.66. The maximum absolute atomic E-state index is 9.49. The van der Waals surface area contributed by atoms with Crippen molar-refractivity contribution in [1.29, 1.82) is 0 Å². The summed E-state index contributed by atoms with van der Waals surface area (Å²) in [5.74, 6) is 1.57. The number of ether oxygens (including phenoxy) is 1. The van der Waals surface area contributed by atoms with Crippen LogP contribution in [0.3, 0.4) is 0 Å². The average molecular weight is 263 g/mol. The van der Waals surface area contributed by atoms with Gasteiger partial charge in [-0.1, -0.05) is 12.1 Å². The zero-order valence-electron chi connectivity index (χ0n) is 11.9. The lowest BCUT2D eigenvalue weighted by Crippen LogP contribution is -2.21. The van der Waals surface area contributed by atoms with Gasteiger partial charge in [-0.2, -0.15) is 0 Å². The van der Waals surface area contributed by atoms with Gasteiger partial charge >= 0.3 is 0 Å². The molecular formula is C16H25NO2. The van der Waals surface area contributed by atoms with E-state index in [0.29, 0.717) is 5.92 Å². The zero-order valence-corrected chi connectivity index (χ0v) is 11.9. The Hall–Kier alpha value is -1.06. The molecule has 1 aliphatic rings. The predicted molar refractivity (Wildman–Crippen MR) is 77.3 cm³/mol. The molecule has 0 heterocycles. The van der Waals surface area contributed by atoms with Gasteiger partial charge in [0.2, 0.25) is 0 Å². The van der Waals surface area contributed by atoms with Gasteiger partial charge in [0.05, 0.1) is 12.2 Å². The summed E-state index contributed by atoms with van der Waals surface area (Å²) in [6, 6.07) is 8.24. The molecule has 3 nitrogen and oxygen atoms in total. The molecule has 0 aromatic heterocycles. The van der Waals surface area contributed by atoms with E-state index < -0.39 is 0 Å². The summed E-state index contributed by atoms with van der Waals surface area (Å²) < 4.78 is 5.69. The van der Waals surface area contributed by atoms with E-state index in [4.69, 9.17) is 4.74 Å². The summed E-state index contributed by atoms with van der Waals surface area (Å²) in [7, 11) is 0. The highest BCUT2D eigenvalue weighted by Gasteiger charge is 2.21. The van der Waals surface area contributed by atoms with Crippen LogP contribution in [-0.2, 0) is 6.54 Å². The van der Waals surface area contributed by atoms with E-state index in [9.17, 15) is 5.11 Å². The molecule has 0 radical (unpaired) electrons. The van der Waals surface area contributed by atoms with Crippen molar-refractivity contribution in [1.82, 2.24) is 5.32 Å². The fraction of sp³-hybridized carbons (Fsp3) is 0.625. The van der Waals surface area contributed by atoms with Gasteiger partial charge in [0, 0.05) is 6.54 Å². The van der Waals surface area contributed by atoms with Gasteiger partial charge in [0.1, 0.15) is 5.75 Å². The van der Waals surface area contributed by atoms with E-state index in [0.717, 1.165) is 38.1 Å². The Bertz CT molecular complexity index is 392. The topological polar surface area (TPSA) is 41.5 Å². The van der Waals surface area contributed by atoms with Gasteiger partial charge in [0.25, 0.3) is 0 Å². The average Bonchev–Trinajstić information content (AvgIpc) is 2.75. The minimum atomic E-state index is -0.0745. The van der Waals surface area contributed by atoms with Crippen LogP contribution in [0.4, 0.5) is 0 Å². The van der Waals surface area contributed by atoms with Crippen LogP contribution in [0, 0.1) is 5.92 Å². The molecule has 106 valence electrons. The van der Waals surface area contributed by atoms with Crippen LogP contribution in [0.5, 0.6) is 5.75 Å². The molecule has 1 aromatic rings. The number of hydrogen-bond donors (Lipinski definition) is 2. The monoisotopic (exact) mass is 263 g/mol. The molecule has 0 amide bonds. The van der Waals surface area contributed by atoms with E-state index in [1.54, 1.807) is 0 Å². The molecule has 2 N–H and O–H groups in total. The van der Waals surface area contributed by atoms with Crippen LogP contribution >= 0.6 is 0 Å². The van der Waals surface area contributed by atoms with Crippen molar-refractivity contribution < 1.29 is 9.84 Å². The molecule has 1 fully saturated rings. The number of nitrogens with one attached hydrogen (secondary N) is 1. The molecule has 0 aliphatic heterocycles. The van der Waals surface area contributed by atoms with E-state index in [1.807, 2.05) is 26.0 Å². The molecule has 2 atom stereocenters. The third-order valence-electron chi connectivity index (χ3n) is 3.55. The first kappa shape index (κ1) is 14.4. The Morgan fingerprint density at radius 2 is 2.21 bits per heavy atom. The lowest BCUT2D eigenvalue weighted by atomic mass is 10.1. The largest absolute Gasteiger partial charge is 0.491 e. The first-order valence-electron chi connectivity index (χ1n) is 7.28.